The van der Waals surface area contributed by atoms with E-state index in [1.54, 1.807) is 23.8 Å². The van der Waals surface area contributed by atoms with Crippen LogP contribution in [0.3, 0.4) is 0 Å². The molecule has 0 saturated heterocycles. The summed E-state index contributed by atoms with van der Waals surface area (Å²) >= 11 is 1.68. The highest BCUT2D eigenvalue weighted by Crippen LogP contribution is 2.29. The van der Waals surface area contributed by atoms with Gasteiger partial charge in [0.25, 0.3) is 0 Å². The maximum Gasteiger partial charge on any atom is 0.122 e. The van der Waals surface area contributed by atoms with Gasteiger partial charge in [0.15, 0.2) is 0 Å². The van der Waals surface area contributed by atoms with Crippen molar-refractivity contribution >= 4 is 27.2 Å². The number of hydrogen-bond donors (Lipinski definition) is 1. The predicted molar refractivity (Wildman–Crippen MR) is 68.2 cm³/mol. The van der Waals surface area contributed by atoms with Gasteiger partial charge in [0.05, 0.1) is 29.4 Å². The van der Waals surface area contributed by atoms with Crippen LogP contribution in [-0.4, -0.2) is 10.2 Å². The van der Waals surface area contributed by atoms with Gasteiger partial charge in [-0.2, -0.15) is 5.10 Å². The Labute approximate surface area is 102 Å². The molecule has 3 rings (SSSR count). The number of nitrogens with zero attached hydrogens (tertiary/aromatic N) is 2. The average molecular weight is 245 g/mol. The highest BCUT2D eigenvalue weighted by Gasteiger charge is 2.07. The van der Waals surface area contributed by atoms with E-state index in [1.807, 2.05) is 19.1 Å². The van der Waals surface area contributed by atoms with E-state index in [-0.39, 0.29) is 0 Å². The van der Waals surface area contributed by atoms with Crippen LogP contribution in [0.2, 0.25) is 0 Å². The minimum atomic E-state index is 0.657. The Balaban J connectivity index is 1.90. The summed E-state index contributed by atoms with van der Waals surface area (Å²) in [5, 5.41) is 13.6. The molecule has 86 valence electrons. The zero-order chi connectivity index (χ0) is 11.7. The van der Waals surface area contributed by atoms with Gasteiger partial charge in [-0.15, -0.1) is 16.4 Å². The Hall–Kier alpha value is -1.88. The Morgan fingerprint density at radius 2 is 2.41 bits per heavy atom. The monoisotopic (exact) mass is 245 g/mol. The van der Waals surface area contributed by atoms with Crippen LogP contribution in [0.4, 0.5) is 5.69 Å². The Morgan fingerprint density at radius 1 is 1.47 bits per heavy atom. The van der Waals surface area contributed by atoms with E-state index in [2.05, 4.69) is 20.9 Å². The molecule has 3 aromatic rings. The normalized spacial score (nSPS) is 10.9. The second kappa shape index (κ2) is 4.18. The number of nitrogens with one attached hydrogen (secondary N) is 1. The van der Waals surface area contributed by atoms with Gasteiger partial charge in [-0.25, -0.2) is 0 Å². The summed E-state index contributed by atoms with van der Waals surface area (Å²) in [6, 6.07) is 3.82. The fourth-order valence-corrected chi connectivity index (χ4v) is 2.65. The molecule has 0 fully saturated rings. The van der Waals surface area contributed by atoms with E-state index in [4.69, 9.17) is 4.42 Å². The van der Waals surface area contributed by atoms with Gasteiger partial charge in [0, 0.05) is 0 Å². The lowest BCUT2D eigenvalue weighted by atomic mass is 10.3. The fraction of sp³-hybridized carbons (Fsp3) is 0.167. The first-order chi connectivity index (χ1) is 8.34. The van der Waals surface area contributed by atoms with E-state index >= 15 is 0 Å². The largest absolute Gasteiger partial charge is 0.467 e. The van der Waals surface area contributed by atoms with Crippen molar-refractivity contribution in [2.75, 3.05) is 5.32 Å². The van der Waals surface area contributed by atoms with E-state index in [0.717, 1.165) is 21.7 Å². The minimum absolute atomic E-state index is 0.657. The number of thiophene rings is 1. The standard InChI is InChI=1S/C12H11N3OS/c1-8-7-17-12-10(6-14-15-11(8)12)13-5-9-3-2-4-16-9/h2-4,6-7H,5H2,1H3,(H,13,15). The summed E-state index contributed by atoms with van der Waals surface area (Å²) in [6.45, 7) is 2.70. The first-order valence-electron chi connectivity index (χ1n) is 5.30. The van der Waals surface area contributed by atoms with Crippen molar-refractivity contribution in [3.05, 3.63) is 41.3 Å². The van der Waals surface area contributed by atoms with Gasteiger partial charge in [-0.05, 0) is 30.0 Å². The van der Waals surface area contributed by atoms with Crippen LogP contribution in [-0.2, 0) is 6.54 Å². The van der Waals surface area contributed by atoms with E-state index in [0.29, 0.717) is 6.54 Å². The molecule has 3 heterocycles. The van der Waals surface area contributed by atoms with Gasteiger partial charge in [-0.3, -0.25) is 0 Å². The fourth-order valence-electron chi connectivity index (χ4n) is 1.68. The van der Waals surface area contributed by atoms with E-state index in [1.165, 1.54) is 5.56 Å². The molecule has 0 bridgehead atoms. The zero-order valence-corrected chi connectivity index (χ0v) is 10.1. The van der Waals surface area contributed by atoms with Crippen LogP contribution < -0.4 is 5.32 Å². The first-order valence-corrected chi connectivity index (χ1v) is 6.18. The maximum absolute atomic E-state index is 5.28. The van der Waals surface area contributed by atoms with Gasteiger partial charge in [0.1, 0.15) is 11.3 Å². The van der Waals surface area contributed by atoms with E-state index in [9.17, 15) is 0 Å². The lowest BCUT2D eigenvalue weighted by Crippen LogP contribution is -1.99. The Kier molecular flexibility index (Phi) is 2.53. The molecule has 0 radical (unpaired) electrons. The van der Waals surface area contributed by atoms with Crippen molar-refractivity contribution in [2.24, 2.45) is 0 Å². The van der Waals surface area contributed by atoms with Crippen LogP contribution in [0.5, 0.6) is 0 Å². The lowest BCUT2D eigenvalue weighted by molar-refractivity contribution is 0.518. The molecular weight excluding hydrogens is 234 g/mol. The van der Waals surface area contributed by atoms with Crippen molar-refractivity contribution in [1.82, 2.24) is 10.2 Å². The number of fused-ring (bicyclic) bond motifs is 1. The van der Waals surface area contributed by atoms with Crippen molar-refractivity contribution in [2.45, 2.75) is 13.5 Å². The highest BCUT2D eigenvalue weighted by atomic mass is 32.1. The second-order valence-electron chi connectivity index (χ2n) is 3.79. The summed E-state index contributed by atoms with van der Waals surface area (Å²) in [5.74, 6) is 0.906. The van der Waals surface area contributed by atoms with Crippen LogP contribution in [0.15, 0.2) is 34.4 Å². The molecule has 0 amide bonds. The molecule has 1 N–H and O–H groups in total. The summed E-state index contributed by atoms with van der Waals surface area (Å²) in [7, 11) is 0. The number of anilines is 1. The number of furan rings is 1. The highest BCUT2D eigenvalue weighted by molar-refractivity contribution is 7.18. The molecule has 0 spiro atoms. The Bertz CT molecular complexity index is 630. The number of rotatable bonds is 3. The second-order valence-corrected chi connectivity index (χ2v) is 4.67. The summed E-state index contributed by atoms with van der Waals surface area (Å²) in [5.41, 5.74) is 3.14. The van der Waals surface area contributed by atoms with Crippen molar-refractivity contribution in [3.63, 3.8) is 0 Å². The van der Waals surface area contributed by atoms with Crippen molar-refractivity contribution < 1.29 is 4.42 Å². The SMILES string of the molecule is Cc1csc2c(NCc3ccco3)cnnc12. The molecule has 0 unspecified atom stereocenters. The molecule has 0 aliphatic rings. The number of hydrogen-bond acceptors (Lipinski definition) is 5. The molecule has 0 atom stereocenters. The van der Waals surface area contributed by atoms with Crippen LogP contribution in [0.1, 0.15) is 11.3 Å². The smallest absolute Gasteiger partial charge is 0.122 e. The molecule has 17 heavy (non-hydrogen) atoms. The quantitative estimate of drug-likeness (QED) is 0.769. The van der Waals surface area contributed by atoms with Gasteiger partial charge >= 0.3 is 0 Å². The third kappa shape index (κ3) is 1.89. The van der Waals surface area contributed by atoms with Crippen LogP contribution in [0.25, 0.3) is 10.2 Å². The lowest BCUT2D eigenvalue weighted by Gasteiger charge is -2.04. The molecule has 0 aromatic carbocycles. The summed E-state index contributed by atoms with van der Waals surface area (Å²) in [6.07, 6.45) is 3.42. The molecule has 3 aromatic heterocycles. The van der Waals surface area contributed by atoms with E-state index < -0.39 is 0 Å². The molecule has 4 nitrogen and oxygen atoms in total. The topological polar surface area (TPSA) is 51.0 Å². The summed E-state index contributed by atoms with van der Waals surface area (Å²) < 4.78 is 6.42. The van der Waals surface area contributed by atoms with Crippen molar-refractivity contribution in [1.29, 1.82) is 0 Å². The van der Waals surface area contributed by atoms with Gasteiger partial charge < -0.3 is 9.73 Å². The Morgan fingerprint density at radius 3 is 3.24 bits per heavy atom. The van der Waals surface area contributed by atoms with Crippen LogP contribution >= 0.6 is 11.3 Å². The van der Waals surface area contributed by atoms with Gasteiger partial charge in [0.2, 0.25) is 0 Å². The molecule has 0 saturated carbocycles. The van der Waals surface area contributed by atoms with Gasteiger partial charge in [-0.1, -0.05) is 0 Å². The summed E-state index contributed by atoms with van der Waals surface area (Å²) in [4.78, 5) is 0. The predicted octanol–water partition coefficient (Wildman–Crippen LogP) is 3.20. The first kappa shape index (κ1) is 10.3. The number of aromatic nitrogens is 2. The minimum Gasteiger partial charge on any atom is -0.467 e. The average Bonchev–Trinajstić information content (AvgIpc) is 2.97. The molecule has 5 heteroatoms. The third-order valence-electron chi connectivity index (χ3n) is 2.56. The molecular formula is C12H11N3OS. The zero-order valence-electron chi connectivity index (χ0n) is 9.30. The van der Waals surface area contributed by atoms with Crippen molar-refractivity contribution in [3.8, 4) is 0 Å². The maximum atomic E-state index is 5.28. The van der Waals surface area contributed by atoms with Crippen LogP contribution in [0, 0.1) is 6.92 Å². The third-order valence-corrected chi connectivity index (χ3v) is 3.68. The molecule has 0 aliphatic carbocycles. The number of aryl methyl sites for hydroxylation is 1. The molecule has 0 aliphatic heterocycles.